The third-order valence-electron chi connectivity index (χ3n) is 4.88. The van der Waals surface area contributed by atoms with Crippen LogP contribution < -0.4 is 10.6 Å². The van der Waals surface area contributed by atoms with Crippen molar-refractivity contribution in [3.05, 3.63) is 70.1 Å². The van der Waals surface area contributed by atoms with Gasteiger partial charge in [-0.1, -0.05) is 12.1 Å². The number of nitrogens with one attached hydrogen (secondary N) is 2. The van der Waals surface area contributed by atoms with Crippen LogP contribution in [0.1, 0.15) is 34.5 Å². The molecule has 1 unspecified atom stereocenters. The maximum atomic E-state index is 12.4. The Kier molecular flexibility index (Phi) is 6.04. The zero-order chi connectivity index (χ0) is 19.3. The van der Waals surface area contributed by atoms with E-state index in [-0.39, 0.29) is 12.0 Å². The second-order valence-electron chi connectivity index (χ2n) is 6.97. The molecule has 0 aliphatic carbocycles. The van der Waals surface area contributed by atoms with Gasteiger partial charge in [-0.25, -0.2) is 4.98 Å². The van der Waals surface area contributed by atoms with E-state index in [0.717, 1.165) is 40.8 Å². The summed E-state index contributed by atoms with van der Waals surface area (Å²) in [4.78, 5) is 16.8. The Labute approximate surface area is 172 Å². The number of hydrogen-bond donors (Lipinski definition) is 2. The lowest BCUT2D eigenvalue weighted by Gasteiger charge is -2.11. The van der Waals surface area contributed by atoms with Crippen LogP contribution in [-0.4, -0.2) is 34.5 Å². The first-order valence-corrected chi connectivity index (χ1v) is 10.3. The fraction of sp³-hybridized carbons (Fsp3) is 0.333. The number of rotatable bonds is 7. The molecule has 0 spiro atoms. The Hall–Kier alpha value is -2.22. The highest BCUT2D eigenvalue weighted by Gasteiger charge is 2.16. The SMILES string of the molecule is O=C(NCC1CCCO1)c1cccc(CNCc2cnc3ccc(Br)cn23)c1. The van der Waals surface area contributed by atoms with Crippen molar-refractivity contribution >= 4 is 27.5 Å². The van der Waals surface area contributed by atoms with Crippen LogP contribution in [0.3, 0.4) is 0 Å². The van der Waals surface area contributed by atoms with Gasteiger partial charge in [-0.05, 0) is 58.6 Å². The smallest absolute Gasteiger partial charge is 0.251 e. The Morgan fingerprint density at radius 3 is 3.07 bits per heavy atom. The number of nitrogens with zero attached hydrogens (tertiary/aromatic N) is 2. The van der Waals surface area contributed by atoms with Gasteiger partial charge >= 0.3 is 0 Å². The first-order valence-electron chi connectivity index (χ1n) is 9.50. The third-order valence-corrected chi connectivity index (χ3v) is 5.35. The van der Waals surface area contributed by atoms with Crippen molar-refractivity contribution in [2.24, 2.45) is 0 Å². The molecular weight excluding hydrogens is 420 g/mol. The van der Waals surface area contributed by atoms with Gasteiger partial charge in [-0.15, -0.1) is 0 Å². The first kappa shape index (κ1) is 19.1. The molecule has 2 aromatic heterocycles. The quantitative estimate of drug-likeness (QED) is 0.588. The Balaban J connectivity index is 1.32. The molecule has 1 aliphatic rings. The average Bonchev–Trinajstić information content (AvgIpc) is 3.36. The monoisotopic (exact) mass is 442 g/mol. The van der Waals surface area contributed by atoms with Crippen molar-refractivity contribution in [3.63, 3.8) is 0 Å². The number of benzene rings is 1. The zero-order valence-corrected chi connectivity index (χ0v) is 17.1. The molecule has 3 aromatic rings. The van der Waals surface area contributed by atoms with E-state index in [1.165, 1.54) is 0 Å². The minimum Gasteiger partial charge on any atom is -0.376 e. The van der Waals surface area contributed by atoms with Crippen molar-refractivity contribution in [3.8, 4) is 0 Å². The molecule has 1 fully saturated rings. The minimum atomic E-state index is -0.0519. The van der Waals surface area contributed by atoms with Gasteiger partial charge in [0.05, 0.1) is 18.0 Å². The number of carbonyl (C=O) groups excluding carboxylic acids is 1. The van der Waals surface area contributed by atoms with Crippen LogP contribution in [-0.2, 0) is 17.8 Å². The van der Waals surface area contributed by atoms with E-state index >= 15 is 0 Å². The number of ether oxygens (including phenoxy) is 1. The number of pyridine rings is 1. The lowest BCUT2D eigenvalue weighted by molar-refractivity contribution is 0.0857. The summed E-state index contributed by atoms with van der Waals surface area (Å²) < 4.78 is 8.63. The topological polar surface area (TPSA) is 67.7 Å². The fourth-order valence-corrected chi connectivity index (χ4v) is 3.74. The summed E-state index contributed by atoms with van der Waals surface area (Å²) in [6.45, 7) is 2.73. The molecule has 3 heterocycles. The molecule has 6 nitrogen and oxygen atoms in total. The fourth-order valence-electron chi connectivity index (χ4n) is 3.41. The number of imidazole rings is 1. The number of fused-ring (bicyclic) bond motifs is 1. The van der Waals surface area contributed by atoms with Crippen LogP contribution in [0.15, 0.2) is 53.3 Å². The highest BCUT2D eigenvalue weighted by Crippen LogP contribution is 2.14. The van der Waals surface area contributed by atoms with Gasteiger partial charge in [0.15, 0.2) is 0 Å². The Morgan fingerprint density at radius 2 is 2.21 bits per heavy atom. The largest absolute Gasteiger partial charge is 0.376 e. The molecule has 1 amide bonds. The number of hydrogen-bond acceptors (Lipinski definition) is 4. The molecule has 28 heavy (non-hydrogen) atoms. The lowest BCUT2D eigenvalue weighted by atomic mass is 10.1. The van der Waals surface area contributed by atoms with Gasteiger partial charge in [-0.2, -0.15) is 0 Å². The Bertz CT molecular complexity index is 966. The molecule has 0 saturated carbocycles. The summed E-state index contributed by atoms with van der Waals surface area (Å²) in [5.41, 5.74) is 3.75. The van der Waals surface area contributed by atoms with Crippen LogP contribution in [0.2, 0.25) is 0 Å². The van der Waals surface area contributed by atoms with E-state index in [2.05, 4.69) is 35.9 Å². The summed E-state index contributed by atoms with van der Waals surface area (Å²) in [6.07, 6.45) is 6.14. The van der Waals surface area contributed by atoms with Crippen molar-refractivity contribution in [1.82, 2.24) is 20.0 Å². The Morgan fingerprint density at radius 1 is 1.29 bits per heavy atom. The second-order valence-corrected chi connectivity index (χ2v) is 7.89. The van der Waals surface area contributed by atoms with Crippen molar-refractivity contribution in [2.75, 3.05) is 13.2 Å². The average molecular weight is 443 g/mol. The molecule has 2 N–H and O–H groups in total. The van der Waals surface area contributed by atoms with E-state index in [4.69, 9.17) is 4.74 Å². The van der Waals surface area contributed by atoms with Crippen molar-refractivity contribution in [1.29, 1.82) is 0 Å². The van der Waals surface area contributed by atoms with E-state index < -0.39 is 0 Å². The van der Waals surface area contributed by atoms with Crippen molar-refractivity contribution in [2.45, 2.75) is 32.0 Å². The molecule has 1 aliphatic heterocycles. The number of aromatic nitrogens is 2. The van der Waals surface area contributed by atoms with Gasteiger partial charge in [0.25, 0.3) is 5.91 Å². The normalized spacial score (nSPS) is 16.5. The summed E-state index contributed by atoms with van der Waals surface area (Å²) in [5, 5.41) is 6.40. The van der Waals surface area contributed by atoms with Gasteiger partial charge in [-0.3, -0.25) is 4.79 Å². The summed E-state index contributed by atoms with van der Waals surface area (Å²) in [5.74, 6) is -0.0519. The molecule has 146 valence electrons. The van der Waals surface area contributed by atoms with Gasteiger partial charge in [0, 0.05) is 42.5 Å². The second kappa shape index (κ2) is 8.86. The van der Waals surface area contributed by atoms with Gasteiger partial charge < -0.3 is 19.8 Å². The van der Waals surface area contributed by atoms with Crippen molar-refractivity contribution < 1.29 is 9.53 Å². The van der Waals surface area contributed by atoms with Crippen LogP contribution in [0.25, 0.3) is 5.65 Å². The summed E-state index contributed by atoms with van der Waals surface area (Å²) >= 11 is 3.50. The lowest BCUT2D eigenvalue weighted by Crippen LogP contribution is -2.31. The van der Waals surface area contributed by atoms with Crippen LogP contribution in [0, 0.1) is 0 Å². The van der Waals surface area contributed by atoms with Crippen LogP contribution >= 0.6 is 15.9 Å². The molecule has 0 bridgehead atoms. The maximum Gasteiger partial charge on any atom is 0.251 e. The summed E-state index contributed by atoms with van der Waals surface area (Å²) in [7, 11) is 0. The number of halogens is 1. The van der Waals surface area contributed by atoms with E-state index in [9.17, 15) is 4.79 Å². The molecule has 1 aromatic carbocycles. The zero-order valence-electron chi connectivity index (χ0n) is 15.5. The standard InChI is InChI=1S/C21H23BrN4O2/c22-17-6-7-20-24-12-18(26(20)14-17)11-23-10-15-3-1-4-16(9-15)21(27)25-13-19-5-2-8-28-19/h1,3-4,6-7,9,12,14,19,23H,2,5,8,10-11,13H2,(H,25,27). The number of carbonyl (C=O) groups is 1. The maximum absolute atomic E-state index is 12.4. The molecule has 1 saturated heterocycles. The van der Waals surface area contributed by atoms with Crippen LogP contribution in [0.5, 0.6) is 0 Å². The van der Waals surface area contributed by atoms with Gasteiger partial charge in [0.1, 0.15) is 5.65 Å². The predicted octanol–water partition coefficient (Wildman–Crippen LogP) is 3.30. The molecule has 0 radical (unpaired) electrons. The van der Waals surface area contributed by atoms with Gasteiger partial charge in [0.2, 0.25) is 0 Å². The molecule has 4 rings (SSSR count). The first-order chi connectivity index (χ1) is 13.7. The third kappa shape index (κ3) is 4.60. The van der Waals surface area contributed by atoms with E-state index in [0.29, 0.717) is 25.2 Å². The predicted molar refractivity (Wildman–Crippen MR) is 111 cm³/mol. The highest BCUT2D eigenvalue weighted by molar-refractivity contribution is 9.10. The van der Waals surface area contributed by atoms with E-state index in [1.54, 1.807) is 0 Å². The van der Waals surface area contributed by atoms with E-state index in [1.807, 2.05) is 48.8 Å². The molecule has 1 atom stereocenters. The molecule has 7 heteroatoms. The summed E-state index contributed by atoms with van der Waals surface area (Å²) in [6, 6.07) is 11.7. The minimum absolute atomic E-state index is 0.0519. The van der Waals surface area contributed by atoms with Crippen LogP contribution in [0.4, 0.5) is 0 Å². The highest BCUT2D eigenvalue weighted by atomic mass is 79.9. The molecular formula is C21H23BrN4O2. The number of amides is 1.